The average molecular weight is 453 g/mol. The standard InChI is InChI=1S/C24H15F4N3O2/c25-14-7-5-13(6-8-14)20-11-16(15-3-1-2-4-18(15)30-20)24(33)29-12-21(32)31-19-10-9-17(26)22(27)23(19)28/h1-11H,12H2,(H,29,33)(H,31,32). The van der Waals surface area contributed by atoms with E-state index < -0.39 is 47.3 Å². The molecule has 3 aromatic carbocycles. The average Bonchev–Trinajstić information content (AvgIpc) is 2.82. The second-order valence-corrected chi connectivity index (χ2v) is 7.03. The molecule has 0 unspecified atom stereocenters. The molecular weight excluding hydrogens is 438 g/mol. The van der Waals surface area contributed by atoms with Crippen LogP contribution < -0.4 is 10.6 Å². The van der Waals surface area contributed by atoms with Gasteiger partial charge in [0.25, 0.3) is 5.91 Å². The number of nitrogens with one attached hydrogen (secondary N) is 2. The van der Waals surface area contributed by atoms with Gasteiger partial charge in [-0.15, -0.1) is 0 Å². The zero-order valence-electron chi connectivity index (χ0n) is 16.8. The maximum atomic E-state index is 13.7. The predicted octanol–water partition coefficient (Wildman–Crippen LogP) is 4.83. The number of hydrogen-bond donors (Lipinski definition) is 2. The number of rotatable bonds is 5. The second kappa shape index (κ2) is 9.07. The van der Waals surface area contributed by atoms with Crippen LogP contribution in [0, 0.1) is 23.3 Å². The van der Waals surface area contributed by atoms with Gasteiger partial charge in [-0.2, -0.15) is 0 Å². The number of anilines is 1. The Hall–Kier alpha value is -4.27. The number of carbonyl (C=O) groups excluding carboxylic acids is 2. The van der Waals surface area contributed by atoms with E-state index in [0.717, 1.165) is 6.07 Å². The first-order valence-corrected chi connectivity index (χ1v) is 9.71. The summed E-state index contributed by atoms with van der Waals surface area (Å²) >= 11 is 0. The zero-order chi connectivity index (χ0) is 23.5. The van der Waals surface area contributed by atoms with E-state index in [-0.39, 0.29) is 5.56 Å². The number of fused-ring (bicyclic) bond motifs is 1. The second-order valence-electron chi connectivity index (χ2n) is 7.03. The van der Waals surface area contributed by atoms with Crippen molar-refractivity contribution in [3.8, 4) is 11.3 Å². The molecule has 2 N–H and O–H groups in total. The molecule has 9 heteroatoms. The van der Waals surface area contributed by atoms with Crippen LogP contribution in [-0.4, -0.2) is 23.3 Å². The van der Waals surface area contributed by atoms with Crippen LogP contribution in [-0.2, 0) is 4.79 Å². The molecule has 0 aliphatic rings. The third kappa shape index (κ3) is 4.67. The van der Waals surface area contributed by atoms with Gasteiger partial charge in [0.1, 0.15) is 5.82 Å². The number of amides is 2. The third-order valence-corrected chi connectivity index (χ3v) is 4.82. The Morgan fingerprint density at radius 3 is 2.33 bits per heavy atom. The predicted molar refractivity (Wildman–Crippen MR) is 114 cm³/mol. The number of para-hydroxylation sites is 1. The number of halogens is 4. The molecule has 4 rings (SSSR count). The fourth-order valence-corrected chi connectivity index (χ4v) is 3.20. The molecule has 166 valence electrons. The Bertz CT molecular complexity index is 1370. The van der Waals surface area contributed by atoms with Crippen molar-refractivity contribution in [3.63, 3.8) is 0 Å². The van der Waals surface area contributed by atoms with Crippen molar-refractivity contribution in [1.29, 1.82) is 0 Å². The smallest absolute Gasteiger partial charge is 0.252 e. The lowest BCUT2D eigenvalue weighted by Gasteiger charge is -2.11. The number of aromatic nitrogens is 1. The third-order valence-electron chi connectivity index (χ3n) is 4.82. The van der Waals surface area contributed by atoms with Crippen LogP contribution in [0.4, 0.5) is 23.2 Å². The largest absolute Gasteiger partial charge is 0.343 e. The molecule has 0 atom stereocenters. The van der Waals surface area contributed by atoms with Crippen molar-refractivity contribution in [2.24, 2.45) is 0 Å². The molecule has 5 nitrogen and oxygen atoms in total. The number of nitrogens with zero attached hydrogens (tertiary/aromatic N) is 1. The van der Waals surface area contributed by atoms with Gasteiger partial charge in [-0.05, 0) is 48.5 Å². The summed E-state index contributed by atoms with van der Waals surface area (Å²) in [7, 11) is 0. The summed E-state index contributed by atoms with van der Waals surface area (Å²) in [6.45, 7) is -0.556. The quantitative estimate of drug-likeness (QED) is 0.336. The topological polar surface area (TPSA) is 71.1 Å². The molecule has 33 heavy (non-hydrogen) atoms. The number of benzene rings is 3. The lowest BCUT2D eigenvalue weighted by molar-refractivity contribution is -0.115. The van der Waals surface area contributed by atoms with Gasteiger partial charge in [0, 0.05) is 10.9 Å². The number of hydrogen-bond acceptors (Lipinski definition) is 3. The van der Waals surface area contributed by atoms with E-state index in [0.29, 0.717) is 28.2 Å². The van der Waals surface area contributed by atoms with E-state index in [1.165, 1.54) is 30.3 Å². The molecule has 0 saturated heterocycles. The van der Waals surface area contributed by atoms with E-state index in [4.69, 9.17) is 0 Å². The van der Waals surface area contributed by atoms with E-state index in [1.54, 1.807) is 24.3 Å². The Kier molecular flexibility index (Phi) is 6.03. The highest BCUT2D eigenvalue weighted by molar-refractivity contribution is 6.08. The van der Waals surface area contributed by atoms with Crippen LogP contribution in [0.15, 0.2) is 66.7 Å². The Labute approximate surface area is 185 Å². The van der Waals surface area contributed by atoms with Crippen molar-refractivity contribution in [2.45, 2.75) is 0 Å². The summed E-state index contributed by atoms with van der Waals surface area (Å²) in [4.78, 5) is 29.5. The van der Waals surface area contributed by atoms with Crippen molar-refractivity contribution < 1.29 is 27.2 Å². The molecule has 1 aromatic heterocycles. The highest BCUT2D eigenvalue weighted by Gasteiger charge is 2.17. The Morgan fingerprint density at radius 2 is 1.58 bits per heavy atom. The Morgan fingerprint density at radius 1 is 0.848 bits per heavy atom. The summed E-state index contributed by atoms with van der Waals surface area (Å²) in [6.07, 6.45) is 0. The first kappa shape index (κ1) is 21.9. The van der Waals surface area contributed by atoms with Crippen molar-refractivity contribution in [2.75, 3.05) is 11.9 Å². The first-order valence-electron chi connectivity index (χ1n) is 9.71. The molecule has 0 radical (unpaired) electrons. The van der Waals surface area contributed by atoms with E-state index in [1.807, 2.05) is 0 Å². The number of carbonyl (C=O) groups is 2. The maximum absolute atomic E-state index is 13.7. The fourth-order valence-electron chi connectivity index (χ4n) is 3.20. The fraction of sp³-hybridized carbons (Fsp3) is 0.0417. The van der Waals surface area contributed by atoms with Gasteiger partial charge in [-0.1, -0.05) is 18.2 Å². The van der Waals surface area contributed by atoms with Gasteiger partial charge in [-0.3, -0.25) is 9.59 Å². The minimum atomic E-state index is -1.71. The summed E-state index contributed by atoms with van der Waals surface area (Å²) in [5.41, 5.74) is 1.18. The molecule has 4 aromatic rings. The van der Waals surface area contributed by atoms with E-state index in [9.17, 15) is 27.2 Å². The van der Waals surface area contributed by atoms with Crippen LogP contribution >= 0.6 is 0 Å². The highest BCUT2D eigenvalue weighted by atomic mass is 19.2. The molecule has 0 spiro atoms. The lowest BCUT2D eigenvalue weighted by Crippen LogP contribution is -2.33. The Balaban J connectivity index is 1.56. The minimum absolute atomic E-state index is 0.215. The monoisotopic (exact) mass is 453 g/mol. The van der Waals surface area contributed by atoms with Gasteiger partial charge in [0.2, 0.25) is 5.91 Å². The summed E-state index contributed by atoms with van der Waals surface area (Å²) in [5, 5.41) is 5.02. The first-order chi connectivity index (χ1) is 15.8. The normalized spacial score (nSPS) is 10.8. The summed E-state index contributed by atoms with van der Waals surface area (Å²) in [5.74, 6) is -6.52. The van der Waals surface area contributed by atoms with Crippen LogP contribution in [0.3, 0.4) is 0 Å². The van der Waals surface area contributed by atoms with Crippen LogP contribution in [0.2, 0.25) is 0 Å². The zero-order valence-corrected chi connectivity index (χ0v) is 16.8. The highest BCUT2D eigenvalue weighted by Crippen LogP contribution is 2.25. The van der Waals surface area contributed by atoms with Gasteiger partial charge >= 0.3 is 0 Å². The SMILES string of the molecule is O=C(CNC(=O)c1cc(-c2ccc(F)cc2)nc2ccccc12)Nc1ccc(F)c(F)c1F. The van der Waals surface area contributed by atoms with Crippen LogP contribution in [0.5, 0.6) is 0 Å². The molecule has 0 aliphatic heterocycles. The maximum Gasteiger partial charge on any atom is 0.252 e. The summed E-state index contributed by atoms with van der Waals surface area (Å²) in [6, 6.07) is 15.5. The molecule has 0 fully saturated rings. The molecule has 1 heterocycles. The van der Waals surface area contributed by atoms with Gasteiger partial charge < -0.3 is 10.6 Å². The van der Waals surface area contributed by atoms with Crippen molar-refractivity contribution in [3.05, 3.63) is 95.6 Å². The van der Waals surface area contributed by atoms with E-state index >= 15 is 0 Å². The molecular formula is C24H15F4N3O2. The van der Waals surface area contributed by atoms with Crippen LogP contribution in [0.25, 0.3) is 22.2 Å². The van der Waals surface area contributed by atoms with Gasteiger partial charge in [-0.25, -0.2) is 22.5 Å². The van der Waals surface area contributed by atoms with E-state index in [2.05, 4.69) is 15.6 Å². The van der Waals surface area contributed by atoms with Crippen molar-refractivity contribution >= 4 is 28.4 Å². The van der Waals surface area contributed by atoms with Gasteiger partial charge in [0.05, 0.1) is 29.0 Å². The van der Waals surface area contributed by atoms with Crippen molar-refractivity contribution in [1.82, 2.24) is 10.3 Å². The molecule has 2 amide bonds. The molecule has 0 saturated carbocycles. The number of pyridine rings is 1. The summed E-state index contributed by atoms with van der Waals surface area (Å²) < 4.78 is 53.4. The van der Waals surface area contributed by atoms with Gasteiger partial charge in [0.15, 0.2) is 17.5 Å². The molecule has 0 aliphatic carbocycles. The van der Waals surface area contributed by atoms with Crippen LogP contribution in [0.1, 0.15) is 10.4 Å². The lowest BCUT2D eigenvalue weighted by atomic mass is 10.0. The molecule has 0 bridgehead atoms. The minimum Gasteiger partial charge on any atom is -0.343 e.